The first kappa shape index (κ1) is 18.7. The zero-order chi connectivity index (χ0) is 20.0. The van der Waals surface area contributed by atoms with Gasteiger partial charge in [-0.2, -0.15) is 0 Å². The normalized spacial score (nSPS) is 23.7. The van der Waals surface area contributed by atoms with Gasteiger partial charge in [0.05, 0.1) is 11.9 Å². The van der Waals surface area contributed by atoms with Gasteiger partial charge in [-0.25, -0.2) is 9.37 Å². The third-order valence-electron chi connectivity index (χ3n) is 6.47. The monoisotopic (exact) mass is 413 g/mol. The summed E-state index contributed by atoms with van der Waals surface area (Å²) in [6, 6.07) is 6.42. The standard InChI is InChI=1S/C22H24FN3O2S/c23-16-2-1-3-17(12-16)25-18-13-24-21(22(27)26-8-10-29(28)11-9-26)20-15-6-4-14(5-7-15)19(18)20/h1-3,12-15,25H,4-11H2. The number of nitrogens with zero attached hydrogens (tertiary/aromatic N) is 2. The number of rotatable bonds is 3. The Morgan fingerprint density at radius 1 is 1.10 bits per heavy atom. The molecular weight excluding hydrogens is 389 g/mol. The Hall–Kier alpha value is -2.28. The molecule has 0 radical (unpaired) electrons. The van der Waals surface area contributed by atoms with Gasteiger partial charge in [0.25, 0.3) is 5.91 Å². The molecule has 1 amide bonds. The van der Waals surface area contributed by atoms with Crippen molar-refractivity contribution >= 4 is 28.1 Å². The highest BCUT2D eigenvalue weighted by molar-refractivity contribution is 7.85. The molecule has 3 aliphatic carbocycles. The van der Waals surface area contributed by atoms with Gasteiger partial charge in [-0.15, -0.1) is 0 Å². The number of anilines is 2. The molecule has 1 aliphatic heterocycles. The molecule has 2 bridgehead atoms. The first-order valence-electron chi connectivity index (χ1n) is 10.3. The van der Waals surface area contributed by atoms with Crippen molar-refractivity contribution in [3.63, 3.8) is 0 Å². The fraction of sp³-hybridized carbons (Fsp3) is 0.455. The smallest absolute Gasteiger partial charge is 0.272 e. The van der Waals surface area contributed by atoms with Crippen LogP contribution in [0.3, 0.4) is 0 Å². The Morgan fingerprint density at radius 3 is 2.48 bits per heavy atom. The van der Waals surface area contributed by atoms with Gasteiger partial charge < -0.3 is 10.2 Å². The maximum Gasteiger partial charge on any atom is 0.272 e. The molecule has 1 saturated heterocycles. The minimum absolute atomic E-state index is 0.0391. The van der Waals surface area contributed by atoms with E-state index in [4.69, 9.17) is 0 Å². The number of nitrogens with one attached hydrogen (secondary N) is 1. The highest BCUT2D eigenvalue weighted by atomic mass is 32.2. The highest BCUT2D eigenvalue weighted by Gasteiger charge is 2.39. The van der Waals surface area contributed by atoms with Gasteiger partial charge >= 0.3 is 0 Å². The quantitative estimate of drug-likeness (QED) is 0.828. The molecule has 4 aliphatic rings. The van der Waals surface area contributed by atoms with Gasteiger partial charge in [0.15, 0.2) is 0 Å². The fourth-order valence-electron chi connectivity index (χ4n) is 5.05. The molecule has 1 aromatic heterocycles. The van der Waals surface area contributed by atoms with Gasteiger partial charge in [-0.3, -0.25) is 9.00 Å². The van der Waals surface area contributed by atoms with Crippen LogP contribution in [0.15, 0.2) is 30.5 Å². The Bertz CT molecular complexity index is 978. The van der Waals surface area contributed by atoms with Crippen LogP contribution in [0.2, 0.25) is 0 Å². The molecule has 0 atom stereocenters. The van der Waals surface area contributed by atoms with Crippen LogP contribution in [-0.4, -0.2) is 44.6 Å². The van der Waals surface area contributed by atoms with E-state index in [1.807, 2.05) is 6.07 Å². The van der Waals surface area contributed by atoms with Crippen LogP contribution >= 0.6 is 0 Å². The number of carbonyl (C=O) groups excluding carboxylic acids is 1. The summed E-state index contributed by atoms with van der Waals surface area (Å²) in [5.74, 6) is 1.53. The molecule has 2 fully saturated rings. The lowest BCUT2D eigenvalue weighted by molar-refractivity contribution is 0.0762. The summed E-state index contributed by atoms with van der Waals surface area (Å²) in [5, 5.41) is 3.34. The van der Waals surface area contributed by atoms with Crippen molar-refractivity contribution in [1.29, 1.82) is 0 Å². The van der Waals surface area contributed by atoms with E-state index in [1.165, 1.54) is 17.7 Å². The summed E-state index contributed by atoms with van der Waals surface area (Å²) >= 11 is 0. The largest absolute Gasteiger partial charge is 0.354 e. The maximum absolute atomic E-state index is 13.6. The minimum atomic E-state index is -0.821. The van der Waals surface area contributed by atoms with Crippen molar-refractivity contribution < 1.29 is 13.4 Å². The molecule has 2 aromatic rings. The van der Waals surface area contributed by atoms with Gasteiger partial charge in [-0.1, -0.05) is 6.07 Å². The minimum Gasteiger partial charge on any atom is -0.354 e. The van der Waals surface area contributed by atoms with Crippen LogP contribution in [0.5, 0.6) is 0 Å². The van der Waals surface area contributed by atoms with Gasteiger partial charge in [-0.05, 0) is 66.8 Å². The SMILES string of the molecule is O=C(c1ncc(Nc2cccc(F)c2)c2c1C1CCC2CC1)N1CCS(=O)CC1. The van der Waals surface area contributed by atoms with E-state index in [1.54, 1.807) is 17.2 Å². The first-order valence-corrected chi connectivity index (χ1v) is 11.8. The number of halogens is 1. The number of amides is 1. The molecule has 1 aromatic carbocycles. The summed E-state index contributed by atoms with van der Waals surface area (Å²) in [7, 11) is -0.821. The van der Waals surface area contributed by atoms with Crippen LogP contribution in [0.4, 0.5) is 15.8 Å². The van der Waals surface area contributed by atoms with E-state index in [-0.39, 0.29) is 11.7 Å². The van der Waals surface area contributed by atoms with Crippen molar-refractivity contribution in [2.24, 2.45) is 0 Å². The van der Waals surface area contributed by atoms with Crippen molar-refractivity contribution in [3.8, 4) is 0 Å². The molecule has 1 saturated carbocycles. The first-order chi connectivity index (χ1) is 14.1. The summed E-state index contributed by atoms with van der Waals surface area (Å²) in [6.07, 6.45) is 6.16. The van der Waals surface area contributed by atoms with E-state index in [2.05, 4.69) is 10.3 Å². The summed E-state index contributed by atoms with van der Waals surface area (Å²) in [4.78, 5) is 19.7. The van der Waals surface area contributed by atoms with Crippen LogP contribution < -0.4 is 5.32 Å². The number of hydrogen-bond donors (Lipinski definition) is 1. The summed E-state index contributed by atoms with van der Waals surface area (Å²) in [5.41, 5.74) is 4.41. The summed E-state index contributed by atoms with van der Waals surface area (Å²) < 4.78 is 25.3. The molecule has 1 N–H and O–H groups in total. The van der Waals surface area contributed by atoms with Crippen LogP contribution in [0.25, 0.3) is 0 Å². The molecule has 7 heteroatoms. The average molecular weight is 414 g/mol. The van der Waals surface area contributed by atoms with Crippen LogP contribution in [0.1, 0.15) is 59.1 Å². The second-order valence-corrected chi connectivity index (χ2v) is 9.87. The second kappa shape index (κ2) is 7.52. The Kier molecular flexibility index (Phi) is 4.86. The van der Waals surface area contributed by atoms with Crippen LogP contribution in [0, 0.1) is 5.82 Å². The van der Waals surface area contributed by atoms with Crippen molar-refractivity contribution in [2.45, 2.75) is 37.5 Å². The molecule has 0 unspecified atom stereocenters. The molecule has 6 rings (SSSR count). The number of pyridine rings is 1. The van der Waals surface area contributed by atoms with E-state index in [0.717, 1.165) is 36.9 Å². The summed E-state index contributed by atoms with van der Waals surface area (Å²) in [6.45, 7) is 1.05. The lowest BCUT2D eigenvalue weighted by Gasteiger charge is -2.40. The lowest BCUT2D eigenvalue weighted by Crippen LogP contribution is -2.43. The van der Waals surface area contributed by atoms with Crippen LogP contribution in [-0.2, 0) is 10.8 Å². The topological polar surface area (TPSA) is 62.3 Å². The van der Waals surface area contributed by atoms with Crippen molar-refractivity contribution in [1.82, 2.24) is 9.88 Å². The van der Waals surface area contributed by atoms with Gasteiger partial charge in [0.2, 0.25) is 0 Å². The predicted octanol–water partition coefficient (Wildman–Crippen LogP) is 3.92. The van der Waals surface area contributed by atoms with E-state index in [9.17, 15) is 13.4 Å². The Morgan fingerprint density at radius 2 is 1.79 bits per heavy atom. The third-order valence-corrected chi connectivity index (χ3v) is 7.75. The molecule has 29 heavy (non-hydrogen) atoms. The number of hydrogen-bond acceptors (Lipinski definition) is 4. The third kappa shape index (κ3) is 3.45. The van der Waals surface area contributed by atoms with E-state index < -0.39 is 10.8 Å². The van der Waals surface area contributed by atoms with Gasteiger partial charge in [0, 0.05) is 41.1 Å². The average Bonchev–Trinajstić information content (AvgIpc) is 2.75. The predicted molar refractivity (Wildman–Crippen MR) is 112 cm³/mol. The zero-order valence-electron chi connectivity index (χ0n) is 16.2. The van der Waals surface area contributed by atoms with E-state index >= 15 is 0 Å². The number of benzene rings is 1. The zero-order valence-corrected chi connectivity index (χ0v) is 17.0. The number of carbonyl (C=O) groups is 1. The molecular formula is C22H24FN3O2S. The van der Waals surface area contributed by atoms with Crippen molar-refractivity contribution in [2.75, 3.05) is 29.9 Å². The second-order valence-electron chi connectivity index (χ2n) is 8.17. The molecule has 5 nitrogen and oxygen atoms in total. The highest BCUT2D eigenvalue weighted by Crippen LogP contribution is 2.52. The van der Waals surface area contributed by atoms with Crippen molar-refractivity contribution in [3.05, 3.63) is 53.1 Å². The lowest BCUT2D eigenvalue weighted by atomic mass is 9.66. The molecule has 152 valence electrons. The number of aromatic nitrogens is 1. The van der Waals surface area contributed by atoms with Gasteiger partial charge in [0.1, 0.15) is 11.5 Å². The maximum atomic E-state index is 13.6. The number of fused-ring (bicyclic) bond motifs is 2. The Labute approximate surface area is 172 Å². The van der Waals surface area contributed by atoms with E-state index in [0.29, 0.717) is 47.8 Å². The molecule has 0 spiro atoms. The molecule has 2 heterocycles. The Balaban J connectivity index is 1.53. The fourth-order valence-corrected chi connectivity index (χ4v) is 6.10.